The number of hydrogen-bond acceptors (Lipinski definition) is 5. The van der Waals surface area contributed by atoms with Crippen LogP contribution in [0.1, 0.15) is 26.9 Å². The predicted molar refractivity (Wildman–Crippen MR) is 90.8 cm³/mol. The highest BCUT2D eigenvalue weighted by Crippen LogP contribution is 2.43. The smallest absolute Gasteiger partial charge is 0.338 e. The molecule has 1 fully saturated rings. The van der Waals surface area contributed by atoms with Crippen LogP contribution in [-0.4, -0.2) is 36.5 Å². The Kier molecular flexibility index (Phi) is 6.69. The zero-order chi connectivity index (χ0) is 15.8. The topological polar surface area (TPSA) is 55.4 Å². The second kappa shape index (κ2) is 8.76. The van der Waals surface area contributed by atoms with Gasteiger partial charge in [0.25, 0.3) is 5.91 Å². The molecule has 2 rings (SSSR count). The van der Waals surface area contributed by atoms with E-state index >= 15 is 0 Å². The average Bonchev–Trinajstić information content (AvgIpc) is 2.58. The van der Waals surface area contributed by atoms with Gasteiger partial charge in [-0.25, -0.2) is 4.79 Å². The van der Waals surface area contributed by atoms with Crippen molar-refractivity contribution in [2.75, 3.05) is 24.7 Å². The van der Waals surface area contributed by atoms with E-state index in [2.05, 4.69) is 11.2 Å². The van der Waals surface area contributed by atoms with Crippen LogP contribution in [0, 0.1) is 12.3 Å². The van der Waals surface area contributed by atoms with Crippen LogP contribution in [0.15, 0.2) is 24.3 Å². The highest BCUT2D eigenvalue weighted by Gasteiger charge is 2.17. The van der Waals surface area contributed by atoms with Gasteiger partial charge < -0.3 is 10.1 Å². The summed E-state index contributed by atoms with van der Waals surface area (Å²) in [6.07, 6.45) is 6.27. The van der Waals surface area contributed by atoms with Gasteiger partial charge in [0.15, 0.2) is 6.61 Å². The van der Waals surface area contributed by atoms with E-state index < -0.39 is 11.9 Å². The summed E-state index contributed by atoms with van der Waals surface area (Å²) < 4.78 is 5.38. The van der Waals surface area contributed by atoms with Crippen molar-refractivity contribution in [3.05, 3.63) is 35.4 Å². The second-order valence-corrected chi connectivity index (χ2v) is 7.33. The lowest BCUT2D eigenvalue weighted by Crippen LogP contribution is -2.28. The molecule has 0 spiro atoms. The summed E-state index contributed by atoms with van der Waals surface area (Å²) in [6, 6.07) is 7.38. The second-order valence-electron chi connectivity index (χ2n) is 4.61. The number of amides is 1. The van der Waals surface area contributed by atoms with Crippen molar-refractivity contribution in [2.45, 2.75) is 11.0 Å². The summed E-state index contributed by atoms with van der Waals surface area (Å²) in [5.74, 6) is 3.72. The lowest BCUT2D eigenvalue weighted by molar-refractivity contribution is -0.123. The first kappa shape index (κ1) is 16.8. The highest BCUT2D eigenvalue weighted by molar-refractivity contribution is 8.16. The molecule has 4 nitrogen and oxygen atoms in total. The monoisotopic (exact) mass is 335 g/mol. The summed E-state index contributed by atoms with van der Waals surface area (Å²) >= 11 is 3.86. The first-order valence-corrected chi connectivity index (χ1v) is 9.01. The molecule has 0 aromatic heterocycles. The molecule has 1 amide bonds. The van der Waals surface area contributed by atoms with E-state index in [1.54, 1.807) is 12.1 Å². The molecule has 1 aromatic carbocycles. The Hall–Kier alpha value is -1.58. The van der Waals surface area contributed by atoms with Crippen molar-refractivity contribution >= 4 is 35.4 Å². The molecule has 0 bridgehead atoms. The number of hydrogen-bond donors (Lipinski definition) is 1. The van der Waals surface area contributed by atoms with Crippen molar-refractivity contribution in [2.24, 2.45) is 0 Å². The SMILES string of the molecule is C#CCNC(=O)COC(=O)c1ccc(C2SCCCS2)cc1. The molecule has 6 heteroatoms. The van der Waals surface area contributed by atoms with Crippen molar-refractivity contribution in [3.63, 3.8) is 0 Å². The molecule has 116 valence electrons. The first-order valence-electron chi connectivity index (χ1n) is 6.91. The van der Waals surface area contributed by atoms with Gasteiger partial charge >= 0.3 is 5.97 Å². The number of terminal acetylenes is 1. The molecule has 0 atom stereocenters. The van der Waals surface area contributed by atoms with Gasteiger partial charge in [-0.2, -0.15) is 0 Å². The van der Waals surface area contributed by atoms with Gasteiger partial charge in [-0.15, -0.1) is 29.9 Å². The van der Waals surface area contributed by atoms with Crippen molar-refractivity contribution in [1.29, 1.82) is 0 Å². The van der Waals surface area contributed by atoms with Crippen LogP contribution in [0.5, 0.6) is 0 Å². The molecule has 1 N–H and O–H groups in total. The maximum absolute atomic E-state index is 11.9. The molecule has 1 aliphatic heterocycles. The minimum absolute atomic E-state index is 0.127. The Morgan fingerprint density at radius 1 is 1.27 bits per heavy atom. The fourth-order valence-electron chi connectivity index (χ4n) is 1.87. The van der Waals surface area contributed by atoms with Crippen LogP contribution in [0.2, 0.25) is 0 Å². The standard InChI is InChI=1S/C16H17NO3S2/c1-2-8-17-14(18)11-20-15(19)12-4-6-13(7-5-12)16-21-9-3-10-22-16/h1,4-7,16H,3,8-11H2,(H,17,18). The molecular weight excluding hydrogens is 318 g/mol. The Labute approximate surface area is 138 Å². The van der Waals surface area contributed by atoms with Crippen LogP contribution >= 0.6 is 23.5 Å². The number of ether oxygens (including phenoxy) is 1. The van der Waals surface area contributed by atoms with E-state index in [0.29, 0.717) is 10.1 Å². The Morgan fingerprint density at radius 2 is 1.95 bits per heavy atom. The van der Waals surface area contributed by atoms with Gasteiger partial charge in [0.1, 0.15) is 0 Å². The lowest BCUT2D eigenvalue weighted by Gasteiger charge is -2.21. The van der Waals surface area contributed by atoms with E-state index in [1.807, 2.05) is 35.7 Å². The third-order valence-corrected chi connectivity index (χ3v) is 5.98. The maximum atomic E-state index is 11.9. The number of rotatable bonds is 5. The van der Waals surface area contributed by atoms with E-state index in [-0.39, 0.29) is 13.2 Å². The van der Waals surface area contributed by atoms with Crippen LogP contribution < -0.4 is 5.32 Å². The van der Waals surface area contributed by atoms with E-state index in [1.165, 1.54) is 23.5 Å². The molecule has 0 saturated carbocycles. The highest BCUT2D eigenvalue weighted by atomic mass is 32.2. The quantitative estimate of drug-likeness (QED) is 0.662. The van der Waals surface area contributed by atoms with Crippen LogP contribution in [0.3, 0.4) is 0 Å². The number of nitrogens with one attached hydrogen (secondary N) is 1. The summed E-state index contributed by atoms with van der Waals surface area (Å²) in [4.78, 5) is 23.2. The summed E-state index contributed by atoms with van der Waals surface area (Å²) in [5, 5.41) is 2.43. The molecule has 1 aliphatic rings. The zero-order valence-corrected chi connectivity index (χ0v) is 13.7. The van der Waals surface area contributed by atoms with Gasteiger partial charge in [0.2, 0.25) is 0 Å². The van der Waals surface area contributed by atoms with E-state index in [4.69, 9.17) is 11.2 Å². The molecule has 1 heterocycles. The molecule has 0 unspecified atom stereocenters. The van der Waals surface area contributed by atoms with Gasteiger partial charge in [-0.05, 0) is 35.6 Å². The van der Waals surface area contributed by atoms with E-state index in [0.717, 1.165) is 0 Å². The Morgan fingerprint density at radius 3 is 2.59 bits per heavy atom. The van der Waals surface area contributed by atoms with Crippen molar-refractivity contribution < 1.29 is 14.3 Å². The van der Waals surface area contributed by atoms with Gasteiger partial charge in [-0.3, -0.25) is 4.79 Å². The normalized spacial score (nSPS) is 14.9. The number of thioether (sulfide) groups is 2. The van der Waals surface area contributed by atoms with Crippen LogP contribution in [-0.2, 0) is 9.53 Å². The van der Waals surface area contributed by atoms with Crippen LogP contribution in [0.25, 0.3) is 0 Å². The van der Waals surface area contributed by atoms with Crippen LogP contribution in [0.4, 0.5) is 0 Å². The third kappa shape index (κ3) is 5.00. The molecule has 0 aliphatic carbocycles. The van der Waals surface area contributed by atoms with Gasteiger partial charge in [-0.1, -0.05) is 18.1 Å². The van der Waals surface area contributed by atoms with Crippen molar-refractivity contribution in [3.8, 4) is 12.3 Å². The fraction of sp³-hybridized carbons (Fsp3) is 0.375. The largest absolute Gasteiger partial charge is 0.452 e. The Bertz CT molecular complexity index is 560. The summed E-state index contributed by atoms with van der Waals surface area (Å²) in [5.41, 5.74) is 1.65. The zero-order valence-electron chi connectivity index (χ0n) is 12.0. The Balaban J connectivity index is 1.85. The lowest BCUT2D eigenvalue weighted by atomic mass is 10.1. The number of carbonyl (C=O) groups is 2. The first-order chi connectivity index (χ1) is 10.7. The fourth-order valence-corrected chi connectivity index (χ4v) is 4.77. The molecular formula is C16H17NO3S2. The maximum Gasteiger partial charge on any atom is 0.338 e. The van der Waals surface area contributed by atoms with Gasteiger partial charge in [0.05, 0.1) is 16.7 Å². The summed E-state index contributed by atoms with van der Waals surface area (Å²) in [7, 11) is 0. The molecule has 1 aromatic rings. The van der Waals surface area contributed by atoms with Crippen molar-refractivity contribution in [1.82, 2.24) is 5.32 Å². The molecule has 22 heavy (non-hydrogen) atoms. The van der Waals surface area contributed by atoms with Gasteiger partial charge in [0, 0.05) is 0 Å². The number of benzene rings is 1. The molecule has 1 saturated heterocycles. The van der Waals surface area contributed by atoms with E-state index in [9.17, 15) is 9.59 Å². The molecule has 0 radical (unpaired) electrons. The average molecular weight is 335 g/mol. The summed E-state index contributed by atoms with van der Waals surface area (Å²) in [6.45, 7) is -0.196. The predicted octanol–water partition coefficient (Wildman–Crippen LogP) is 2.46. The minimum atomic E-state index is -0.508. The third-order valence-electron chi connectivity index (χ3n) is 2.97. The number of carbonyl (C=O) groups excluding carboxylic acids is 2. The minimum Gasteiger partial charge on any atom is -0.452 e. The number of esters is 1.